The van der Waals surface area contributed by atoms with Gasteiger partial charge in [0.2, 0.25) is 0 Å². The fourth-order valence-corrected chi connectivity index (χ4v) is 2.95. The van der Waals surface area contributed by atoms with Crippen molar-refractivity contribution >= 4 is 11.3 Å². The van der Waals surface area contributed by atoms with Crippen LogP contribution in [0.3, 0.4) is 0 Å². The Kier molecular flexibility index (Phi) is 5.07. The molecule has 0 radical (unpaired) electrons. The molecule has 1 aromatic carbocycles. The third kappa shape index (κ3) is 3.62. The molecule has 1 heterocycles. The monoisotopic (exact) mass is 279 g/mol. The first-order valence-corrected chi connectivity index (χ1v) is 7.23. The number of aliphatic hydroxyl groups is 1. The topological polar surface area (TPSA) is 32.3 Å². The maximum absolute atomic E-state index is 13.7. The SMILES string of the molecule is CC(NCCCO)c1ccc(-c2ccccc2F)s1. The zero-order valence-corrected chi connectivity index (χ0v) is 11.7. The Morgan fingerprint density at radius 3 is 2.79 bits per heavy atom. The minimum absolute atomic E-state index is 0.184. The first-order valence-electron chi connectivity index (χ1n) is 6.41. The van der Waals surface area contributed by atoms with E-state index < -0.39 is 0 Å². The van der Waals surface area contributed by atoms with Crippen molar-refractivity contribution < 1.29 is 9.50 Å². The Morgan fingerprint density at radius 2 is 2.05 bits per heavy atom. The van der Waals surface area contributed by atoms with Crippen molar-refractivity contribution in [1.82, 2.24) is 5.32 Å². The molecular formula is C15H18FNOS. The van der Waals surface area contributed by atoms with Crippen LogP contribution in [0.15, 0.2) is 36.4 Å². The minimum atomic E-state index is -0.184. The normalized spacial score (nSPS) is 12.6. The predicted octanol–water partition coefficient (Wildman–Crippen LogP) is 3.59. The number of hydrogen-bond acceptors (Lipinski definition) is 3. The van der Waals surface area contributed by atoms with Crippen molar-refractivity contribution in [1.29, 1.82) is 0 Å². The molecule has 102 valence electrons. The number of aliphatic hydroxyl groups excluding tert-OH is 1. The molecule has 2 rings (SSSR count). The Balaban J connectivity index is 2.09. The number of benzene rings is 1. The van der Waals surface area contributed by atoms with E-state index in [4.69, 9.17) is 5.11 Å². The zero-order valence-electron chi connectivity index (χ0n) is 10.9. The molecule has 2 aromatic rings. The molecule has 0 saturated heterocycles. The molecule has 19 heavy (non-hydrogen) atoms. The van der Waals surface area contributed by atoms with E-state index in [0.29, 0.717) is 5.56 Å². The van der Waals surface area contributed by atoms with Gasteiger partial charge in [0, 0.05) is 28.0 Å². The molecule has 0 amide bonds. The van der Waals surface area contributed by atoms with E-state index in [1.54, 1.807) is 23.5 Å². The van der Waals surface area contributed by atoms with Crippen molar-refractivity contribution in [2.75, 3.05) is 13.2 Å². The van der Waals surface area contributed by atoms with Crippen LogP contribution in [0.4, 0.5) is 4.39 Å². The van der Waals surface area contributed by atoms with Gasteiger partial charge in [-0.05, 0) is 38.1 Å². The van der Waals surface area contributed by atoms with Crippen LogP contribution >= 0.6 is 11.3 Å². The van der Waals surface area contributed by atoms with Gasteiger partial charge >= 0.3 is 0 Å². The van der Waals surface area contributed by atoms with Gasteiger partial charge < -0.3 is 10.4 Å². The summed E-state index contributed by atoms with van der Waals surface area (Å²) >= 11 is 1.60. The maximum atomic E-state index is 13.7. The Morgan fingerprint density at radius 1 is 1.26 bits per heavy atom. The van der Waals surface area contributed by atoms with E-state index in [1.165, 1.54) is 10.9 Å². The average molecular weight is 279 g/mol. The van der Waals surface area contributed by atoms with Crippen LogP contribution in [-0.4, -0.2) is 18.3 Å². The Labute approximate surface area is 116 Å². The fraction of sp³-hybridized carbons (Fsp3) is 0.333. The molecule has 0 aliphatic carbocycles. The van der Waals surface area contributed by atoms with Crippen molar-refractivity contribution in [3.63, 3.8) is 0 Å². The Bertz CT molecular complexity index is 526. The van der Waals surface area contributed by atoms with Gasteiger partial charge in [0.15, 0.2) is 0 Å². The maximum Gasteiger partial charge on any atom is 0.131 e. The van der Waals surface area contributed by atoms with Crippen molar-refractivity contribution in [3.8, 4) is 10.4 Å². The summed E-state index contributed by atoms with van der Waals surface area (Å²) in [5, 5.41) is 12.1. The van der Waals surface area contributed by atoms with E-state index in [2.05, 4.69) is 12.2 Å². The van der Waals surface area contributed by atoms with Crippen molar-refractivity contribution in [2.24, 2.45) is 0 Å². The molecule has 4 heteroatoms. The summed E-state index contributed by atoms with van der Waals surface area (Å²) in [4.78, 5) is 2.13. The quantitative estimate of drug-likeness (QED) is 0.792. The largest absolute Gasteiger partial charge is 0.396 e. The van der Waals surface area contributed by atoms with Crippen LogP contribution in [0.2, 0.25) is 0 Å². The summed E-state index contributed by atoms with van der Waals surface area (Å²) in [5.74, 6) is -0.184. The fourth-order valence-electron chi connectivity index (χ4n) is 1.89. The van der Waals surface area contributed by atoms with Crippen LogP contribution in [0.25, 0.3) is 10.4 Å². The van der Waals surface area contributed by atoms with Crippen LogP contribution in [0.5, 0.6) is 0 Å². The van der Waals surface area contributed by atoms with Crippen LogP contribution in [0.1, 0.15) is 24.3 Å². The second-order valence-corrected chi connectivity index (χ2v) is 5.55. The van der Waals surface area contributed by atoms with Crippen LogP contribution in [0, 0.1) is 5.82 Å². The highest BCUT2D eigenvalue weighted by Crippen LogP contribution is 2.32. The van der Waals surface area contributed by atoms with Gasteiger partial charge in [-0.15, -0.1) is 11.3 Å². The first-order chi connectivity index (χ1) is 9.22. The average Bonchev–Trinajstić information content (AvgIpc) is 2.89. The van der Waals surface area contributed by atoms with Gasteiger partial charge in [0.1, 0.15) is 5.82 Å². The molecule has 0 fully saturated rings. The molecule has 0 aliphatic rings. The molecule has 0 aliphatic heterocycles. The molecule has 2 nitrogen and oxygen atoms in total. The minimum Gasteiger partial charge on any atom is -0.396 e. The third-order valence-corrected chi connectivity index (χ3v) is 4.28. The second kappa shape index (κ2) is 6.80. The molecule has 2 N–H and O–H groups in total. The standard InChI is InChI=1S/C15H18FNOS/c1-11(17-9-4-10-18)14-7-8-15(19-14)12-5-2-3-6-13(12)16/h2-3,5-8,11,17-18H,4,9-10H2,1H3. The van der Waals surface area contributed by atoms with Gasteiger partial charge in [0.25, 0.3) is 0 Å². The van der Waals surface area contributed by atoms with Gasteiger partial charge in [0.05, 0.1) is 0 Å². The number of nitrogens with one attached hydrogen (secondary N) is 1. The lowest BCUT2D eigenvalue weighted by molar-refractivity contribution is 0.284. The summed E-state index contributed by atoms with van der Waals surface area (Å²) in [5.41, 5.74) is 0.654. The molecule has 1 unspecified atom stereocenters. The highest BCUT2D eigenvalue weighted by Gasteiger charge is 2.11. The van der Waals surface area contributed by atoms with E-state index in [1.807, 2.05) is 18.2 Å². The zero-order chi connectivity index (χ0) is 13.7. The molecule has 0 bridgehead atoms. The highest BCUT2D eigenvalue weighted by atomic mass is 32.1. The third-order valence-electron chi connectivity index (χ3n) is 2.98. The van der Waals surface area contributed by atoms with E-state index in [-0.39, 0.29) is 18.5 Å². The van der Waals surface area contributed by atoms with E-state index in [0.717, 1.165) is 17.8 Å². The smallest absolute Gasteiger partial charge is 0.131 e. The van der Waals surface area contributed by atoms with Crippen LogP contribution in [-0.2, 0) is 0 Å². The number of hydrogen-bond donors (Lipinski definition) is 2. The lowest BCUT2D eigenvalue weighted by Crippen LogP contribution is -2.19. The van der Waals surface area contributed by atoms with Crippen molar-refractivity contribution in [3.05, 3.63) is 47.1 Å². The molecular weight excluding hydrogens is 261 g/mol. The van der Waals surface area contributed by atoms with Gasteiger partial charge in [-0.2, -0.15) is 0 Å². The van der Waals surface area contributed by atoms with Gasteiger partial charge in [-0.1, -0.05) is 18.2 Å². The van der Waals surface area contributed by atoms with Gasteiger partial charge in [-0.25, -0.2) is 4.39 Å². The van der Waals surface area contributed by atoms with E-state index in [9.17, 15) is 4.39 Å². The van der Waals surface area contributed by atoms with Gasteiger partial charge in [-0.3, -0.25) is 0 Å². The lowest BCUT2D eigenvalue weighted by atomic mass is 10.2. The summed E-state index contributed by atoms with van der Waals surface area (Å²) in [6.45, 7) is 3.06. The Hall–Kier alpha value is -1.23. The van der Waals surface area contributed by atoms with E-state index >= 15 is 0 Å². The summed E-state index contributed by atoms with van der Waals surface area (Å²) in [7, 11) is 0. The summed E-state index contributed by atoms with van der Waals surface area (Å²) < 4.78 is 13.7. The number of halogens is 1. The van der Waals surface area contributed by atoms with Crippen LogP contribution < -0.4 is 5.32 Å². The summed E-state index contributed by atoms with van der Waals surface area (Å²) in [6.07, 6.45) is 0.746. The highest BCUT2D eigenvalue weighted by molar-refractivity contribution is 7.15. The number of thiophene rings is 1. The van der Waals surface area contributed by atoms with Crippen molar-refractivity contribution in [2.45, 2.75) is 19.4 Å². The lowest BCUT2D eigenvalue weighted by Gasteiger charge is -2.11. The molecule has 0 spiro atoms. The second-order valence-electron chi connectivity index (χ2n) is 4.43. The molecule has 1 atom stereocenters. The molecule has 1 aromatic heterocycles. The molecule has 0 saturated carbocycles. The summed E-state index contributed by atoms with van der Waals surface area (Å²) in [6, 6.07) is 11.0. The number of rotatable bonds is 6. The first kappa shape index (κ1) is 14.2. The predicted molar refractivity (Wildman–Crippen MR) is 77.8 cm³/mol.